The van der Waals surface area contributed by atoms with Crippen LogP contribution in [0.4, 0.5) is 0 Å². The van der Waals surface area contributed by atoms with Crippen LogP contribution in [0.2, 0.25) is 0 Å². The smallest absolute Gasteiger partial charge is 0.408 e. The van der Waals surface area contributed by atoms with Gasteiger partial charge in [0.1, 0.15) is 6.54 Å². The van der Waals surface area contributed by atoms with Crippen LogP contribution in [0.1, 0.15) is 23.8 Å². The van der Waals surface area contributed by atoms with E-state index >= 15 is 0 Å². The molecule has 1 aliphatic heterocycles. The Labute approximate surface area is 136 Å². The Hall–Kier alpha value is -2.34. The predicted octanol–water partition coefficient (Wildman–Crippen LogP) is 3.02. The summed E-state index contributed by atoms with van der Waals surface area (Å²) in [5.74, 6) is -0.513. The zero-order valence-corrected chi connectivity index (χ0v) is 13.3. The summed E-state index contributed by atoms with van der Waals surface area (Å²) in [6.45, 7) is 0.768. The summed E-state index contributed by atoms with van der Waals surface area (Å²) in [4.78, 5) is 27.9. The Morgan fingerprint density at radius 2 is 2.13 bits per heavy atom. The lowest BCUT2D eigenvalue weighted by Crippen LogP contribution is -2.35. The second-order valence-electron chi connectivity index (χ2n) is 5.68. The number of hydrogen-bond acceptors (Lipinski definition) is 4. The number of benzene rings is 1. The van der Waals surface area contributed by atoms with Gasteiger partial charge >= 0.3 is 5.76 Å². The van der Waals surface area contributed by atoms with Crippen molar-refractivity contribution in [3.05, 3.63) is 57.2 Å². The van der Waals surface area contributed by atoms with Crippen molar-refractivity contribution in [3.8, 4) is 0 Å². The van der Waals surface area contributed by atoms with E-state index < -0.39 is 5.76 Å². The number of oxazole rings is 1. The Balaban J connectivity index is 1.62. The van der Waals surface area contributed by atoms with Gasteiger partial charge in [0.15, 0.2) is 5.58 Å². The summed E-state index contributed by atoms with van der Waals surface area (Å²) in [5.41, 5.74) is 1.18. The van der Waals surface area contributed by atoms with E-state index in [1.807, 2.05) is 28.5 Å². The quantitative estimate of drug-likeness (QED) is 0.742. The van der Waals surface area contributed by atoms with E-state index in [4.69, 9.17) is 4.42 Å². The number of rotatable bonds is 3. The summed E-state index contributed by atoms with van der Waals surface area (Å²) in [5, 5.41) is 2.03. The maximum absolute atomic E-state index is 12.7. The minimum Gasteiger partial charge on any atom is -0.408 e. The number of nitrogens with zero attached hydrogens (tertiary/aromatic N) is 2. The lowest BCUT2D eigenvalue weighted by molar-refractivity contribution is -0.132. The molecule has 2 aromatic heterocycles. The Kier molecular flexibility index (Phi) is 3.53. The molecule has 1 atom stereocenters. The molecular formula is C17H16N2O3S. The van der Waals surface area contributed by atoms with Gasteiger partial charge in [-0.15, -0.1) is 11.3 Å². The van der Waals surface area contributed by atoms with Gasteiger partial charge < -0.3 is 9.32 Å². The maximum Gasteiger partial charge on any atom is 0.420 e. The highest BCUT2D eigenvalue weighted by molar-refractivity contribution is 7.10. The molecule has 3 aromatic rings. The van der Waals surface area contributed by atoms with E-state index in [9.17, 15) is 9.59 Å². The highest BCUT2D eigenvalue weighted by atomic mass is 32.1. The first kappa shape index (κ1) is 14.3. The predicted molar refractivity (Wildman–Crippen MR) is 88.5 cm³/mol. The zero-order valence-electron chi connectivity index (χ0n) is 12.5. The fourth-order valence-corrected chi connectivity index (χ4v) is 4.11. The lowest BCUT2D eigenvalue weighted by atomic mass is 10.2. The van der Waals surface area contributed by atoms with Crippen LogP contribution in [0.3, 0.4) is 0 Å². The van der Waals surface area contributed by atoms with E-state index in [-0.39, 0.29) is 18.5 Å². The molecule has 1 amide bonds. The Morgan fingerprint density at radius 1 is 1.26 bits per heavy atom. The monoisotopic (exact) mass is 328 g/mol. The maximum atomic E-state index is 12.7. The first-order valence-electron chi connectivity index (χ1n) is 7.65. The first-order valence-corrected chi connectivity index (χ1v) is 8.53. The van der Waals surface area contributed by atoms with E-state index in [0.29, 0.717) is 11.1 Å². The van der Waals surface area contributed by atoms with Gasteiger partial charge in [0.2, 0.25) is 5.91 Å². The van der Waals surface area contributed by atoms with Crippen molar-refractivity contribution < 1.29 is 9.21 Å². The second-order valence-corrected chi connectivity index (χ2v) is 6.66. The molecule has 1 aliphatic rings. The highest BCUT2D eigenvalue weighted by Crippen LogP contribution is 2.34. The molecule has 0 N–H and O–H groups in total. The van der Waals surface area contributed by atoms with Crippen molar-refractivity contribution in [2.45, 2.75) is 25.4 Å². The van der Waals surface area contributed by atoms with Crippen LogP contribution >= 0.6 is 11.3 Å². The standard InChI is InChI=1S/C17H16N2O3S/c20-16(18-9-3-6-13(18)15-8-4-10-23-15)11-19-12-5-1-2-7-14(12)22-17(19)21/h1-2,4-5,7-8,10,13H,3,6,9,11H2/t13-/m0/s1. The molecule has 0 unspecified atom stereocenters. The van der Waals surface area contributed by atoms with Gasteiger partial charge in [-0.2, -0.15) is 0 Å². The van der Waals surface area contributed by atoms with Crippen molar-refractivity contribution in [1.29, 1.82) is 0 Å². The number of amides is 1. The fraction of sp³-hybridized carbons (Fsp3) is 0.294. The zero-order chi connectivity index (χ0) is 15.8. The van der Waals surface area contributed by atoms with Crippen LogP contribution in [-0.2, 0) is 11.3 Å². The average Bonchev–Trinajstić information content (AvgIpc) is 3.26. The number of thiophene rings is 1. The molecule has 0 aliphatic carbocycles. The molecule has 1 saturated heterocycles. The minimum absolute atomic E-state index is 0.0255. The molecule has 0 radical (unpaired) electrons. The molecule has 0 spiro atoms. The van der Waals surface area contributed by atoms with Crippen LogP contribution in [0.5, 0.6) is 0 Å². The molecule has 1 fully saturated rings. The molecule has 3 heterocycles. The minimum atomic E-state index is -0.480. The molecule has 1 aromatic carbocycles. The largest absolute Gasteiger partial charge is 0.420 e. The first-order chi connectivity index (χ1) is 11.2. The molecule has 23 heavy (non-hydrogen) atoms. The topological polar surface area (TPSA) is 55.5 Å². The van der Waals surface area contributed by atoms with Crippen LogP contribution in [0.15, 0.2) is 51.0 Å². The third-order valence-corrected chi connectivity index (χ3v) is 5.29. The summed E-state index contributed by atoms with van der Waals surface area (Å²) in [7, 11) is 0. The van der Waals surface area contributed by atoms with Gasteiger partial charge in [-0.3, -0.25) is 9.36 Å². The third kappa shape index (κ3) is 2.49. The van der Waals surface area contributed by atoms with Gasteiger partial charge in [0.25, 0.3) is 0 Å². The van der Waals surface area contributed by atoms with Crippen LogP contribution in [0.25, 0.3) is 11.1 Å². The van der Waals surface area contributed by atoms with Crippen molar-refractivity contribution in [3.63, 3.8) is 0 Å². The second kappa shape index (κ2) is 5.70. The Morgan fingerprint density at radius 3 is 2.96 bits per heavy atom. The number of carbonyl (C=O) groups is 1. The highest BCUT2D eigenvalue weighted by Gasteiger charge is 2.31. The van der Waals surface area contributed by atoms with Crippen molar-refractivity contribution in [1.82, 2.24) is 9.47 Å². The number of likely N-dealkylation sites (tertiary alicyclic amines) is 1. The molecule has 0 bridgehead atoms. The van der Waals surface area contributed by atoms with Crippen LogP contribution in [-0.4, -0.2) is 21.9 Å². The molecular weight excluding hydrogens is 312 g/mol. The normalized spacial score (nSPS) is 17.9. The number of fused-ring (bicyclic) bond motifs is 1. The summed E-state index contributed by atoms with van der Waals surface area (Å²) in [6.07, 6.45) is 1.97. The molecule has 0 saturated carbocycles. The van der Waals surface area contributed by atoms with E-state index in [1.165, 1.54) is 9.44 Å². The van der Waals surface area contributed by atoms with Crippen LogP contribution < -0.4 is 5.76 Å². The van der Waals surface area contributed by atoms with Gasteiger partial charge in [-0.05, 0) is 36.4 Å². The van der Waals surface area contributed by atoms with Gasteiger partial charge in [0.05, 0.1) is 11.6 Å². The molecule has 4 rings (SSSR count). The molecule has 5 nitrogen and oxygen atoms in total. The Bertz CT molecular complexity index is 894. The van der Waals surface area contributed by atoms with E-state index in [0.717, 1.165) is 19.4 Å². The van der Waals surface area contributed by atoms with Crippen molar-refractivity contribution >= 4 is 28.3 Å². The van der Waals surface area contributed by atoms with Gasteiger partial charge in [-0.25, -0.2) is 4.79 Å². The van der Waals surface area contributed by atoms with E-state index in [1.54, 1.807) is 23.5 Å². The van der Waals surface area contributed by atoms with Crippen molar-refractivity contribution in [2.24, 2.45) is 0 Å². The molecule has 6 heteroatoms. The summed E-state index contributed by atoms with van der Waals surface area (Å²) in [6, 6.07) is 11.4. The van der Waals surface area contributed by atoms with Crippen molar-refractivity contribution in [2.75, 3.05) is 6.54 Å². The van der Waals surface area contributed by atoms with Crippen LogP contribution in [0, 0.1) is 0 Å². The number of carbonyl (C=O) groups excluding carboxylic acids is 1. The SMILES string of the molecule is O=C(Cn1c(=O)oc2ccccc21)N1CCC[C@H]1c1cccs1. The fourth-order valence-electron chi connectivity index (χ4n) is 3.23. The van der Waals surface area contributed by atoms with Gasteiger partial charge in [-0.1, -0.05) is 18.2 Å². The summed E-state index contributed by atoms with van der Waals surface area (Å²) < 4.78 is 6.62. The number of hydrogen-bond donors (Lipinski definition) is 0. The summed E-state index contributed by atoms with van der Waals surface area (Å²) >= 11 is 1.67. The number of para-hydroxylation sites is 2. The molecule has 118 valence electrons. The number of aromatic nitrogens is 1. The lowest BCUT2D eigenvalue weighted by Gasteiger charge is -2.24. The average molecular weight is 328 g/mol. The third-order valence-electron chi connectivity index (χ3n) is 4.31. The van der Waals surface area contributed by atoms with E-state index in [2.05, 4.69) is 6.07 Å². The van der Waals surface area contributed by atoms with Gasteiger partial charge in [0, 0.05) is 11.4 Å².